The van der Waals surface area contributed by atoms with Gasteiger partial charge in [0.1, 0.15) is 0 Å². The number of aliphatic carboxylic acids is 1. The van der Waals surface area contributed by atoms with E-state index in [1.165, 1.54) is 11.3 Å². The van der Waals surface area contributed by atoms with Crippen molar-refractivity contribution in [2.75, 3.05) is 5.32 Å². The minimum atomic E-state index is -0.955. The molecule has 3 aromatic rings. The minimum Gasteiger partial charge on any atom is -0.481 e. The number of anilines is 1. The molecule has 0 aliphatic rings. The van der Waals surface area contributed by atoms with Gasteiger partial charge in [0, 0.05) is 29.0 Å². The van der Waals surface area contributed by atoms with E-state index in [4.69, 9.17) is 5.11 Å². The number of hydrogen-bond donors (Lipinski definition) is 2. The maximum atomic E-state index is 12.2. The average molecular weight is 328 g/mol. The van der Waals surface area contributed by atoms with Crippen LogP contribution in [0.5, 0.6) is 0 Å². The summed E-state index contributed by atoms with van der Waals surface area (Å²) in [5.41, 5.74) is 1.81. The highest BCUT2D eigenvalue weighted by Crippen LogP contribution is 2.17. The number of hydrogen-bond acceptors (Lipinski definition) is 5. The van der Waals surface area contributed by atoms with Gasteiger partial charge in [-0.15, -0.1) is 11.3 Å². The van der Waals surface area contributed by atoms with Gasteiger partial charge in [-0.3, -0.25) is 14.9 Å². The summed E-state index contributed by atoms with van der Waals surface area (Å²) in [5, 5.41) is 13.4. The Balaban J connectivity index is 1.68. The normalized spacial score (nSPS) is 10.4. The molecule has 1 aromatic carbocycles. The van der Waals surface area contributed by atoms with E-state index in [9.17, 15) is 9.59 Å². The maximum Gasteiger partial charge on any atom is 0.309 e. The first kappa shape index (κ1) is 14.9. The number of rotatable bonds is 5. The molecule has 7 nitrogen and oxygen atoms in total. The fourth-order valence-corrected chi connectivity index (χ4v) is 2.67. The first-order valence-electron chi connectivity index (χ1n) is 6.68. The fraction of sp³-hybridized carbons (Fsp3) is 0.0667. The Morgan fingerprint density at radius 3 is 2.70 bits per heavy atom. The van der Waals surface area contributed by atoms with Crippen molar-refractivity contribution in [3.63, 3.8) is 0 Å². The molecule has 8 heteroatoms. The second-order valence-electron chi connectivity index (χ2n) is 4.69. The Morgan fingerprint density at radius 2 is 2.04 bits per heavy atom. The van der Waals surface area contributed by atoms with E-state index in [-0.39, 0.29) is 12.3 Å². The monoisotopic (exact) mass is 328 g/mol. The molecular weight excluding hydrogens is 316 g/mol. The Labute approximate surface area is 135 Å². The number of aromatic nitrogens is 3. The number of thiazole rings is 1. The van der Waals surface area contributed by atoms with Crippen LogP contribution in [0.4, 0.5) is 5.13 Å². The minimum absolute atomic E-state index is 0.161. The molecule has 1 amide bonds. The van der Waals surface area contributed by atoms with E-state index in [0.717, 1.165) is 5.69 Å². The molecule has 116 valence electrons. The average Bonchev–Trinajstić information content (AvgIpc) is 3.19. The van der Waals surface area contributed by atoms with Crippen LogP contribution in [0.3, 0.4) is 0 Å². The molecule has 0 aliphatic heterocycles. The van der Waals surface area contributed by atoms with Gasteiger partial charge in [-0.05, 0) is 24.3 Å². The second-order valence-corrected chi connectivity index (χ2v) is 5.54. The van der Waals surface area contributed by atoms with Gasteiger partial charge in [-0.1, -0.05) is 0 Å². The van der Waals surface area contributed by atoms with Gasteiger partial charge in [-0.2, -0.15) is 0 Å². The van der Waals surface area contributed by atoms with E-state index in [1.807, 2.05) is 22.9 Å². The molecule has 0 bridgehead atoms. The number of carboxylic acids is 1. The lowest BCUT2D eigenvalue weighted by molar-refractivity contribution is -0.136. The molecule has 2 N–H and O–H groups in total. The van der Waals surface area contributed by atoms with E-state index >= 15 is 0 Å². The number of benzene rings is 1. The lowest BCUT2D eigenvalue weighted by Gasteiger charge is -2.04. The summed E-state index contributed by atoms with van der Waals surface area (Å²) in [7, 11) is 0. The molecule has 0 unspecified atom stereocenters. The van der Waals surface area contributed by atoms with Crippen molar-refractivity contribution < 1.29 is 14.7 Å². The van der Waals surface area contributed by atoms with Crippen molar-refractivity contribution in [2.45, 2.75) is 6.42 Å². The van der Waals surface area contributed by atoms with Crippen LogP contribution in [0.15, 0.2) is 48.4 Å². The van der Waals surface area contributed by atoms with Gasteiger partial charge in [0.2, 0.25) is 0 Å². The molecule has 3 rings (SSSR count). The van der Waals surface area contributed by atoms with Crippen molar-refractivity contribution in [1.29, 1.82) is 0 Å². The predicted octanol–water partition coefficient (Wildman–Crippen LogP) is 2.21. The van der Waals surface area contributed by atoms with E-state index in [0.29, 0.717) is 16.4 Å². The highest BCUT2D eigenvalue weighted by Gasteiger charge is 2.11. The number of carbonyl (C=O) groups is 2. The SMILES string of the molecule is O=C(O)Cc1csc(NC(=O)c2ccc(-n3ccnc3)cc2)n1. The van der Waals surface area contributed by atoms with Crippen LogP contribution >= 0.6 is 11.3 Å². The van der Waals surface area contributed by atoms with E-state index in [1.54, 1.807) is 30.0 Å². The van der Waals surface area contributed by atoms with Crippen molar-refractivity contribution in [3.05, 3.63) is 59.6 Å². The van der Waals surface area contributed by atoms with Crippen LogP contribution in [0, 0.1) is 0 Å². The summed E-state index contributed by atoms with van der Waals surface area (Å²) < 4.78 is 1.83. The third kappa shape index (κ3) is 3.61. The molecule has 0 spiro atoms. The van der Waals surface area contributed by atoms with Gasteiger partial charge < -0.3 is 9.67 Å². The molecule has 23 heavy (non-hydrogen) atoms. The number of imidazole rings is 1. The molecule has 0 aliphatic carbocycles. The van der Waals surface area contributed by atoms with Crippen molar-refractivity contribution in [2.24, 2.45) is 0 Å². The second kappa shape index (κ2) is 6.41. The number of carboxylic acid groups (broad SMARTS) is 1. The molecule has 0 atom stereocenters. The fourth-order valence-electron chi connectivity index (χ4n) is 1.97. The molecule has 0 saturated heterocycles. The zero-order valence-corrected chi connectivity index (χ0v) is 12.7. The quantitative estimate of drug-likeness (QED) is 0.748. The smallest absolute Gasteiger partial charge is 0.309 e. The van der Waals surface area contributed by atoms with Crippen molar-refractivity contribution >= 4 is 28.3 Å². The summed E-state index contributed by atoms with van der Waals surface area (Å²) in [6, 6.07) is 7.04. The number of carbonyl (C=O) groups excluding carboxylic acids is 1. The third-order valence-electron chi connectivity index (χ3n) is 3.04. The van der Waals surface area contributed by atoms with E-state index in [2.05, 4.69) is 15.3 Å². The standard InChI is InChI=1S/C15H12N4O3S/c20-13(21)7-11-8-23-15(17-11)18-14(22)10-1-3-12(4-2-10)19-6-5-16-9-19/h1-6,8-9H,7H2,(H,20,21)(H,17,18,22). The van der Waals surface area contributed by atoms with Crippen LogP contribution < -0.4 is 5.32 Å². The molecule has 0 saturated carbocycles. The van der Waals surface area contributed by atoms with E-state index < -0.39 is 5.97 Å². The van der Waals surface area contributed by atoms with Crippen molar-refractivity contribution in [3.8, 4) is 5.69 Å². The first-order valence-corrected chi connectivity index (χ1v) is 7.56. The van der Waals surface area contributed by atoms with Gasteiger partial charge in [-0.25, -0.2) is 9.97 Å². The van der Waals surface area contributed by atoms with Gasteiger partial charge >= 0.3 is 5.97 Å². The third-order valence-corrected chi connectivity index (χ3v) is 3.84. The van der Waals surface area contributed by atoms with Gasteiger partial charge in [0.05, 0.1) is 18.4 Å². The molecule has 2 heterocycles. The van der Waals surface area contributed by atoms with Crippen LogP contribution in [0.2, 0.25) is 0 Å². The van der Waals surface area contributed by atoms with Crippen LogP contribution in [0.1, 0.15) is 16.1 Å². The van der Waals surface area contributed by atoms with Crippen LogP contribution in [-0.4, -0.2) is 31.5 Å². The summed E-state index contributed by atoms with van der Waals surface area (Å²) in [4.78, 5) is 30.8. The number of nitrogens with zero attached hydrogens (tertiary/aromatic N) is 3. The Hall–Kier alpha value is -3.00. The Kier molecular flexibility index (Phi) is 4.15. The van der Waals surface area contributed by atoms with Gasteiger partial charge in [0.15, 0.2) is 5.13 Å². The lowest BCUT2D eigenvalue weighted by Crippen LogP contribution is -2.12. The molecule has 0 fully saturated rings. The van der Waals surface area contributed by atoms with Crippen molar-refractivity contribution in [1.82, 2.24) is 14.5 Å². The summed E-state index contributed by atoms with van der Waals surface area (Å²) in [6.07, 6.45) is 5.01. The molecule has 2 aromatic heterocycles. The maximum absolute atomic E-state index is 12.2. The van der Waals surface area contributed by atoms with Crippen LogP contribution in [0.25, 0.3) is 5.69 Å². The molecular formula is C15H12N4O3S. The highest BCUT2D eigenvalue weighted by molar-refractivity contribution is 7.14. The number of nitrogens with one attached hydrogen (secondary N) is 1. The Bertz CT molecular complexity index is 825. The summed E-state index contributed by atoms with van der Waals surface area (Å²) >= 11 is 1.20. The summed E-state index contributed by atoms with van der Waals surface area (Å²) in [5.74, 6) is -1.25. The first-order chi connectivity index (χ1) is 11.1. The highest BCUT2D eigenvalue weighted by atomic mass is 32.1. The largest absolute Gasteiger partial charge is 0.481 e. The lowest BCUT2D eigenvalue weighted by atomic mass is 10.2. The zero-order chi connectivity index (χ0) is 16.2. The van der Waals surface area contributed by atoms with Crippen LogP contribution in [-0.2, 0) is 11.2 Å². The topological polar surface area (TPSA) is 97.1 Å². The number of amides is 1. The Morgan fingerprint density at radius 1 is 1.26 bits per heavy atom. The predicted molar refractivity (Wildman–Crippen MR) is 85.0 cm³/mol. The summed E-state index contributed by atoms with van der Waals surface area (Å²) in [6.45, 7) is 0. The molecule has 0 radical (unpaired) electrons. The van der Waals surface area contributed by atoms with Gasteiger partial charge in [0.25, 0.3) is 5.91 Å². The zero-order valence-electron chi connectivity index (χ0n) is 11.8.